The maximum Gasteiger partial charge on any atom is 2.00 e. The van der Waals surface area contributed by atoms with Gasteiger partial charge >= 0.3 is 50.1 Å². The summed E-state index contributed by atoms with van der Waals surface area (Å²) in [4.78, 5) is 49.2. The number of hydrogen-bond acceptors (Lipinski definition) is 16. The molecule has 10 aromatic rings. The second-order valence-electron chi connectivity index (χ2n) is 41.1. The van der Waals surface area contributed by atoms with E-state index in [1.165, 1.54) is 55.0 Å². The summed E-state index contributed by atoms with van der Waals surface area (Å²) in [7, 11) is -3.75. The quantitative estimate of drug-likeness (QED) is 0.00951. The van der Waals surface area contributed by atoms with Gasteiger partial charge in [-0.2, -0.15) is 56.3 Å². The van der Waals surface area contributed by atoms with Crippen LogP contribution in [0.5, 0.6) is 0 Å². The number of aryl methyl sites for hydroxylation is 2. The van der Waals surface area contributed by atoms with E-state index < -0.39 is 89.0 Å². The van der Waals surface area contributed by atoms with Crippen LogP contribution in [0.3, 0.4) is 0 Å². The fourth-order valence-electron chi connectivity index (χ4n) is 14.3. The molecule has 3 aliphatic rings. The van der Waals surface area contributed by atoms with Crippen molar-refractivity contribution in [3.63, 3.8) is 0 Å². The molecular formula is C107H139Cl2MgN15O10S2Si2. The van der Waals surface area contributed by atoms with Gasteiger partial charge in [0.15, 0.2) is 5.69 Å². The van der Waals surface area contributed by atoms with Crippen molar-refractivity contribution in [2.75, 3.05) is 22.7 Å². The van der Waals surface area contributed by atoms with Crippen LogP contribution in [-0.2, 0) is 60.1 Å². The molecular weight excluding hydrogens is 1870 g/mol. The predicted octanol–water partition coefficient (Wildman–Crippen LogP) is 22.9. The Kier molecular flexibility index (Phi) is 43.4. The Bertz CT molecular complexity index is 6020. The summed E-state index contributed by atoms with van der Waals surface area (Å²) in [6.07, 6.45) is 12.0. The van der Waals surface area contributed by atoms with Crippen LogP contribution in [0.2, 0.25) is 24.7 Å². The van der Waals surface area contributed by atoms with Crippen LogP contribution < -0.4 is 35.7 Å². The number of hydrogen-bond donors (Lipinski definition) is 7. The van der Waals surface area contributed by atoms with Crippen molar-refractivity contribution in [2.45, 2.75) is 264 Å². The third-order valence-electron chi connectivity index (χ3n) is 22.8. The largest absolute Gasteiger partial charge is 2.00 e. The van der Waals surface area contributed by atoms with E-state index in [1.807, 2.05) is 236 Å². The molecule has 2 heterocycles. The number of carbonyl (C=O) groups is 4. The molecule has 0 aliphatic heterocycles. The van der Waals surface area contributed by atoms with Gasteiger partial charge in [0, 0.05) is 35.2 Å². The molecule has 139 heavy (non-hydrogen) atoms. The molecule has 8 N–H and O–H groups in total. The molecule has 32 heteroatoms. The van der Waals surface area contributed by atoms with Gasteiger partial charge in [-0.15, -0.1) is 24.8 Å². The number of ether oxygens (including phenoxy) is 2. The number of nitrogens with two attached hydrogens (primary N) is 1. The number of nitrogens with zero attached hydrogens (tertiary/aromatic N) is 9. The number of amides is 3. The van der Waals surface area contributed by atoms with Gasteiger partial charge in [-0.3, -0.25) is 9.45 Å². The zero-order chi connectivity index (χ0) is 99.9. The van der Waals surface area contributed by atoms with Gasteiger partial charge in [-0.1, -0.05) is 170 Å². The fourth-order valence-corrected chi connectivity index (χ4v) is 18.0. The van der Waals surface area contributed by atoms with Gasteiger partial charge in [0.25, 0.3) is 5.91 Å². The smallest absolute Gasteiger partial charge is 1.00 e. The normalized spacial score (nSPS) is 14.3. The number of nitriles is 3. The second kappa shape index (κ2) is 51.6. The summed E-state index contributed by atoms with van der Waals surface area (Å²) in [6, 6.07) is 73.6. The molecule has 2 aromatic heterocycles. The number of carboxylic acid groups (broad SMARTS) is 1. The van der Waals surface area contributed by atoms with Crippen molar-refractivity contribution in [1.29, 1.82) is 15.8 Å². The number of aromatic carboxylic acids is 1. The maximum absolute atomic E-state index is 13.9. The third kappa shape index (κ3) is 36.7. The molecule has 3 saturated carbocycles. The Labute approximate surface area is 860 Å². The molecule has 3 fully saturated rings. The standard InChI is InChI=1S/C40H48N6O4S.C23H29N3OS.C17H21N3O4.C17H22N2OSi.C10H16NSi.2ClH.Mg.H/c1-27-22-35(46(44-27)34-13-8-10-30(23-34)26-42-37(48)50-38(2,3)4)36(47)43-33-12-9-11-32(24-33)40(21-20-28-14-15-28,45-51(49)39(5,6)7)31-18-16-29(25-41)17-19-31;1-22(2,3)28(27)26-23(14-13-17-7-8-17,20-5-4-6-21(25)15-20)19-11-9-18(16-24)10-12-19;1-11-8-14(15(21)22)20(19-11)13-7-5-6-12(9-13)10-18-16(23)24-17(2,3)4;1-17(2,3)21(20)19-16(11-8-13-4-5-13)15-9-6-14(12-18)7-10-15;1-11(12(2,3)4)10-8-6-5-7-9-10;;;;/h8-13,16-19,22-24,28,45H,14-15,20-21,26H2,1-7H3,(H,42,48)(H,43,47);4-6,9-12,15,17,26H,7-8,13-14,25H2,1-3H3;5-9H,10H2,1-4H3,(H,18,23)(H,21,22);6-7,9-10,13H,4-5,8,11H2,1-3H3;5-6,8-9H,1-4H3;2*1H;;/q;;;;-1;;;+2;-1. The van der Waals surface area contributed by atoms with E-state index in [4.69, 9.17) is 20.5 Å². The Balaban J connectivity index is 0.000000331. The maximum atomic E-state index is 13.9. The first-order chi connectivity index (χ1) is 63.9. The molecule has 0 spiro atoms. The van der Waals surface area contributed by atoms with Gasteiger partial charge in [-0.25, -0.2) is 41.6 Å². The van der Waals surface area contributed by atoms with Crippen LogP contribution in [-0.4, -0.2) is 131 Å². The number of aromatic nitrogens is 4. The van der Waals surface area contributed by atoms with Crippen molar-refractivity contribution in [1.82, 2.24) is 39.6 Å². The number of rotatable bonds is 30. The van der Waals surface area contributed by atoms with E-state index in [0.29, 0.717) is 68.9 Å². The first-order valence-corrected chi connectivity index (χ1v) is 53.5. The number of carboxylic acids is 1. The summed E-state index contributed by atoms with van der Waals surface area (Å²) >= 11 is 0. The van der Waals surface area contributed by atoms with E-state index in [2.05, 4.69) is 102 Å². The average molecular weight is 2010 g/mol. The number of anilines is 3. The Morgan fingerprint density at radius 1 is 0.561 bits per heavy atom. The Morgan fingerprint density at radius 2 is 0.971 bits per heavy atom. The van der Waals surface area contributed by atoms with Crippen LogP contribution in [0, 0.1) is 71.7 Å². The topological polar surface area (TPSA) is 367 Å². The third-order valence-corrected chi connectivity index (χ3v) is 30.1. The number of nitrogen functional groups attached to an aromatic ring is 1. The van der Waals surface area contributed by atoms with Crippen LogP contribution >= 0.6 is 24.8 Å². The first kappa shape index (κ1) is 117. The summed E-state index contributed by atoms with van der Waals surface area (Å²) < 4.78 is 65.9. The number of nitrogens with one attached hydrogen (secondary N) is 5. The molecule has 4 unspecified atom stereocenters. The minimum absolute atomic E-state index is 0. The minimum Gasteiger partial charge on any atom is -1.00 e. The van der Waals surface area contributed by atoms with Crippen molar-refractivity contribution >= 4 is 134 Å². The number of halogens is 2. The summed E-state index contributed by atoms with van der Waals surface area (Å²) in [5.41, 5.74) is 18.2. The van der Waals surface area contributed by atoms with Gasteiger partial charge in [-0.05, 0) is 296 Å². The van der Waals surface area contributed by atoms with Crippen molar-refractivity contribution in [3.8, 4) is 29.6 Å². The van der Waals surface area contributed by atoms with Crippen molar-refractivity contribution in [2.24, 2.45) is 22.4 Å². The Hall–Kier alpha value is -10.8. The zero-order valence-electron chi connectivity index (χ0n) is 85.3. The van der Waals surface area contributed by atoms with Crippen molar-refractivity contribution < 1.29 is 48.1 Å². The molecule has 8 aromatic carbocycles. The van der Waals surface area contributed by atoms with Crippen LogP contribution in [0.1, 0.15) is 270 Å². The fraction of sp³-hybridized carbons (Fsp3) is 0.421. The molecule has 25 nitrogen and oxygen atoms in total. The molecule has 0 saturated heterocycles. The molecule has 3 aliphatic carbocycles. The monoisotopic (exact) mass is 2010 g/mol. The minimum atomic E-state index is -2.02. The number of alkyl carbamates (subject to hydrolysis) is 2. The second-order valence-corrected chi connectivity index (χ2v) is 52.4. The molecule has 738 valence electrons. The van der Waals surface area contributed by atoms with Crippen LogP contribution in [0.15, 0.2) is 211 Å². The van der Waals surface area contributed by atoms with E-state index in [0.717, 1.165) is 88.6 Å². The molecule has 4 atom stereocenters. The molecule has 13 rings (SSSR count). The summed E-state index contributed by atoms with van der Waals surface area (Å²) in [6.45, 7) is 39.5. The number of benzene rings is 8. The molecule has 0 radical (unpaired) electrons. The van der Waals surface area contributed by atoms with E-state index in [1.54, 1.807) is 80.9 Å². The van der Waals surface area contributed by atoms with Gasteiger partial charge < -0.3 is 46.7 Å². The molecule has 0 bridgehead atoms. The van der Waals surface area contributed by atoms with E-state index in [9.17, 15) is 47.7 Å². The van der Waals surface area contributed by atoms with Gasteiger partial charge in [0.05, 0.1) is 100 Å². The SMILES string of the molecule is CC(C)(C)S(=O)NC(CCC1CC1)(c1ccc(C#N)cc1)c1cccc(N)c1.CC(C)(C)[Si](=O)N=C(CCC1CC1)c1ccc(C#N)cc1.CN(c1c[c-]ccc1)[Si](C)(C)C.Cc1cc(C(=O)Nc2cccc(C(CCC3CC3)(NS(=O)C(C)(C)C)c3ccc(C#N)cc3)c2)n(-c2cccc(CNC(=O)OC(C)(C)C)c2)n1.Cc1cc(C(=O)O)n(-c2cccc(CNC(=O)OC(C)(C)C)c2)n1.Cl.Cl.[H-].[Mg+2]. The Morgan fingerprint density at radius 3 is 1.36 bits per heavy atom. The summed E-state index contributed by atoms with van der Waals surface area (Å²) in [5, 5.41) is 53.9. The van der Waals surface area contributed by atoms with Gasteiger partial charge in [0.2, 0.25) is 0 Å². The average Bonchev–Trinajstić information content (AvgIpc) is 1.75. The van der Waals surface area contributed by atoms with E-state index >= 15 is 0 Å². The number of carbonyl (C=O) groups excluding carboxylic acids is 3. The first-order valence-electron chi connectivity index (χ1n) is 46.4. The van der Waals surface area contributed by atoms with Crippen LogP contribution in [0.25, 0.3) is 11.4 Å². The zero-order valence-corrected chi connectivity index (χ0v) is 91.0. The molecule has 3 amide bonds. The van der Waals surface area contributed by atoms with Crippen molar-refractivity contribution in [3.05, 3.63) is 291 Å². The van der Waals surface area contributed by atoms with Crippen LogP contribution in [0.4, 0.5) is 26.7 Å². The predicted molar refractivity (Wildman–Crippen MR) is 569 cm³/mol. The van der Waals surface area contributed by atoms with E-state index in [-0.39, 0.29) is 79.0 Å². The summed E-state index contributed by atoms with van der Waals surface area (Å²) in [5.74, 6) is 0.783. The van der Waals surface area contributed by atoms with Gasteiger partial charge in [0.1, 0.15) is 25.1 Å².